The number of carboxylic acids is 1. The maximum Gasteiger partial charge on any atom is 0.317 e. The van der Waals surface area contributed by atoms with Crippen molar-refractivity contribution in [3.05, 3.63) is 11.7 Å². The standard InChI is InChI=1S/C17H28N4O5/c22-15(20-25)9-13(8-4-7-12-5-2-1-3-6-12)17-19-14(21-26-17)10-18-11-16(23)24/h12-13,18,25H,1-11H2,(H,20,22)(H,23,24)/t13-/m1/s1. The van der Waals surface area contributed by atoms with Crippen LogP contribution < -0.4 is 10.8 Å². The summed E-state index contributed by atoms with van der Waals surface area (Å²) >= 11 is 0. The SMILES string of the molecule is O=C(O)CNCc1noc([C@H](CCCC2CCCCC2)CC(=O)NO)n1. The molecule has 1 aliphatic rings. The molecule has 1 aromatic heterocycles. The highest BCUT2D eigenvalue weighted by molar-refractivity contribution is 5.75. The molecule has 9 nitrogen and oxygen atoms in total. The Balaban J connectivity index is 1.87. The van der Waals surface area contributed by atoms with E-state index in [9.17, 15) is 9.59 Å². The van der Waals surface area contributed by atoms with Crippen LogP contribution >= 0.6 is 0 Å². The highest BCUT2D eigenvalue weighted by Gasteiger charge is 2.23. The Bertz CT molecular complexity index is 571. The van der Waals surface area contributed by atoms with Gasteiger partial charge in [-0.3, -0.25) is 20.1 Å². The Hall–Kier alpha value is -2.00. The average Bonchev–Trinajstić information content (AvgIpc) is 3.10. The van der Waals surface area contributed by atoms with E-state index in [2.05, 4.69) is 15.5 Å². The third-order valence-electron chi connectivity index (χ3n) is 4.84. The number of aliphatic carboxylic acids is 1. The number of rotatable bonds is 11. The van der Waals surface area contributed by atoms with Gasteiger partial charge >= 0.3 is 5.97 Å². The highest BCUT2D eigenvalue weighted by atomic mass is 16.5. The van der Waals surface area contributed by atoms with E-state index in [0.29, 0.717) is 11.7 Å². The number of nitrogens with zero attached hydrogens (tertiary/aromatic N) is 2. The summed E-state index contributed by atoms with van der Waals surface area (Å²) in [5.41, 5.74) is 1.65. The molecule has 0 aliphatic heterocycles. The van der Waals surface area contributed by atoms with Crippen LogP contribution in [0.1, 0.15) is 75.4 Å². The molecule has 4 N–H and O–H groups in total. The van der Waals surface area contributed by atoms with Crippen molar-refractivity contribution in [3.8, 4) is 0 Å². The van der Waals surface area contributed by atoms with Crippen molar-refractivity contribution >= 4 is 11.9 Å². The summed E-state index contributed by atoms with van der Waals surface area (Å²) in [5, 5.41) is 23.9. The van der Waals surface area contributed by atoms with Crippen LogP contribution in [0.5, 0.6) is 0 Å². The molecule has 0 unspecified atom stereocenters. The van der Waals surface area contributed by atoms with E-state index in [-0.39, 0.29) is 25.4 Å². The summed E-state index contributed by atoms with van der Waals surface area (Å²) in [6.45, 7) is -0.0155. The van der Waals surface area contributed by atoms with Gasteiger partial charge in [-0.2, -0.15) is 4.98 Å². The molecule has 146 valence electrons. The normalized spacial score (nSPS) is 16.3. The first-order valence-corrected chi connectivity index (χ1v) is 9.26. The lowest BCUT2D eigenvalue weighted by Crippen LogP contribution is -2.23. The molecule has 0 spiro atoms. The number of hydroxylamine groups is 1. The van der Waals surface area contributed by atoms with Gasteiger partial charge in [-0.25, -0.2) is 5.48 Å². The van der Waals surface area contributed by atoms with E-state index in [4.69, 9.17) is 14.8 Å². The topological polar surface area (TPSA) is 138 Å². The summed E-state index contributed by atoms with van der Waals surface area (Å²) in [5.74, 6) is -0.251. The van der Waals surface area contributed by atoms with Gasteiger partial charge in [0.25, 0.3) is 0 Å². The second-order valence-electron chi connectivity index (χ2n) is 6.92. The van der Waals surface area contributed by atoms with E-state index >= 15 is 0 Å². The second-order valence-corrected chi connectivity index (χ2v) is 6.92. The first-order valence-electron chi connectivity index (χ1n) is 9.26. The van der Waals surface area contributed by atoms with Gasteiger partial charge in [-0.1, -0.05) is 50.1 Å². The first kappa shape index (κ1) is 20.3. The van der Waals surface area contributed by atoms with Crippen molar-refractivity contribution in [3.63, 3.8) is 0 Å². The molecule has 0 aromatic carbocycles. The lowest BCUT2D eigenvalue weighted by atomic mass is 9.84. The number of aromatic nitrogens is 2. The minimum atomic E-state index is -0.964. The number of carbonyl (C=O) groups excluding carboxylic acids is 1. The van der Waals surface area contributed by atoms with E-state index in [1.54, 1.807) is 5.48 Å². The Morgan fingerprint density at radius 3 is 2.73 bits per heavy atom. The van der Waals surface area contributed by atoms with Crippen molar-refractivity contribution in [1.29, 1.82) is 0 Å². The molecule has 0 saturated heterocycles. The largest absolute Gasteiger partial charge is 0.480 e. The smallest absolute Gasteiger partial charge is 0.317 e. The van der Waals surface area contributed by atoms with Crippen molar-refractivity contribution in [2.45, 2.75) is 70.3 Å². The van der Waals surface area contributed by atoms with Crippen molar-refractivity contribution in [2.24, 2.45) is 5.92 Å². The molecule has 1 aliphatic carbocycles. The van der Waals surface area contributed by atoms with Crippen LogP contribution in [0.4, 0.5) is 0 Å². The van der Waals surface area contributed by atoms with Gasteiger partial charge in [-0.05, 0) is 12.3 Å². The second kappa shape index (κ2) is 10.9. The predicted molar refractivity (Wildman–Crippen MR) is 91.4 cm³/mol. The molecule has 1 fully saturated rings. The van der Waals surface area contributed by atoms with Crippen LogP contribution in [0.15, 0.2) is 4.52 Å². The minimum Gasteiger partial charge on any atom is -0.480 e. The summed E-state index contributed by atoms with van der Waals surface area (Å²) < 4.78 is 5.26. The van der Waals surface area contributed by atoms with Gasteiger partial charge in [0.2, 0.25) is 11.8 Å². The highest BCUT2D eigenvalue weighted by Crippen LogP contribution is 2.31. The van der Waals surface area contributed by atoms with Gasteiger partial charge in [0.05, 0.1) is 13.1 Å². The third kappa shape index (κ3) is 7.09. The van der Waals surface area contributed by atoms with Crippen molar-refractivity contribution < 1.29 is 24.4 Å². The van der Waals surface area contributed by atoms with Crippen LogP contribution in [0.3, 0.4) is 0 Å². The zero-order valence-electron chi connectivity index (χ0n) is 14.9. The lowest BCUT2D eigenvalue weighted by Gasteiger charge is -2.22. The molecule has 1 amide bonds. The molecule has 1 saturated carbocycles. The Labute approximate surface area is 152 Å². The first-order chi connectivity index (χ1) is 12.6. The molecular formula is C17H28N4O5. The van der Waals surface area contributed by atoms with Gasteiger partial charge in [0, 0.05) is 12.3 Å². The molecule has 1 heterocycles. The van der Waals surface area contributed by atoms with Crippen molar-refractivity contribution in [2.75, 3.05) is 6.54 Å². The van der Waals surface area contributed by atoms with E-state index in [0.717, 1.165) is 25.2 Å². The average molecular weight is 368 g/mol. The molecule has 1 atom stereocenters. The summed E-state index contributed by atoms with van der Waals surface area (Å²) in [6, 6.07) is 0. The number of carbonyl (C=O) groups is 2. The fraction of sp³-hybridized carbons (Fsp3) is 0.765. The molecule has 0 bridgehead atoms. The van der Waals surface area contributed by atoms with Crippen LogP contribution in [-0.2, 0) is 16.1 Å². The fourth-order valence-corrected chi connectivity index (χ4v) is 3.50. The predicted octanol–water partition coefficient (Wildman–Crippen LogP) is 1.97. The maximum atomic E-state index is 11.6. The Kier molecular flexibility index (Phi) is 8.49. The van der Waals surface area contributed by atoms with Crippen LogP contribution in [0.25, 0.3) is 0 Å². The van der Waals surface area contributed by atoms with E-state index in [1.807, 2.05) is 0 Å². The molecule has 9 heteroatoms. The van der Waals surface area contributed by atoms with Gasteiger partial charge in [0.1, 0.15) is 0 Å². The third-order valence-corrected chi connectivity index (χ3v) is 4.84. The summed E-state index contributed by atoms with van der Waals surface area (Å²) in [6.07, 6.45) is 9.38. The molecular weight excluding hydrogens is 340 g/mol. The fourth-order valence-electron chi connectivity index (χ4n) is 3.50. The van der Waals surface area contributed by atoms with Gasteiger partial charge < -0.3 is 9.63 Å². The number of hydrogen-bond acceptors (Lipinski definition) is 7. The number of carboxylic acid groups (broad SMARTS) is 1. The van der Waals surface area contributed by atoms with Crippen LogP contribution in [0.2, 0.25) is 0 Å². The number of hydrogen-bond donors (Lipinski definition) is 4. The van der Waals surface area contributed by atoms with Gasteiger partial charge in [-0.15, -0.1) is 0 Å². The summed E-state index contributed by atoms with van der Waals surface area (Å²) in [4.78, 5) is 26.4. The van der Waals surface area contributed by atoms with Crippen LogP contribution in [0, 0.1) is 5.92 Å². The van der Waals surface area contributed by atoms with E-state index in [1.165, 1.54) is 32.1 Å². The molecule has 1 aromatic rings. The molecule has 2 rings (SSSR count). The van der Waals surface area contributed by atoms with Crippen molar-refractivity contribution in [1.82, 2.24) is 20.9 Å². The zero-order valence-corrected chi connectivity index (χ0v) is 14.9. The monoisotopic (exact) mass is 368 g/mol. The quantitative estimate of drug-likeness (QED) is 0.344. The van der Waals surface area contributed by atoms with E-state index < -0.39 is 11.9 Å². The maximum absolute atomic E-state index is 11.6. The lowest BCUT2D eigenvalue weighted by molar-refractivity contribution is -0.136. The number of nitrogens with one attached hydrogen (secondary N) is 2. The number of amides is 1. The zero-order chi connectivity index (χ0) is 18.8. The van der Waals surface area contributed by atoms with Crippen LogP contribution in [-0.4, -0.2) is 38.9 Å². The Morgan fingerprint density at radius 2 is 2.04 bits per heavy atom. The van der Waals surface area contributed by atoms with Gasteiger partial charge in [0.15, 0.2) is 5.82 Å². The summed E-state index contributed by atoms with van der Waals surface area (Å²) in [7, 11) is 0. The molecule has 0 radical (unpaired) electrons. The molecule has 26 heavy (non-hydrogen) atoms. The minimum absolute atomic E-state index is 0.0748. The Morgan fingerprint density at radius 1 is 1.27 bits per heavy atom.